The van der Waals surface area contributed by atoms with Crippen molar-refractivity contribution in [2.24, 2.45) is 0 Å². The van der Waals surface area contributed by atoms with E-state index in [1.807, 2.05) is 6.20 Å². The molecule has 1 aromatic heterocycles. The summed E-state index contributed by atoms with van der Waals surface area (Å²) in [5, 5.41) is 20.4. The third-order valence-corrected chi connectivity index (χ3v) is 2.82. The normalized spacial score (nSPS) is 12.7. The zero-order valence-corrected chi connectivity index (χ0v) is 11.8. The van der Waals surface area contributed by atoms with Gasteiger partial charge in [-0.15, -0.1) is 5.10 Å². The average Bonchev–Trinajstić information content (AvgIpc) is 2.92. The van der Waals surface area contributed by atoms with Gasteiger partial charge < -0.3 is 15.2 Å². The van der Waals surface area contributed by atoms with E-state index in [-0.39, 0.29) is 0 Å². The van der Waals surface area contributed by atoms with Gasteiger partial charge in [-0.3, -0.25) is 4.68 Å². The average molecular weight is 270 g/mol. The number of unbranched alkanes of at least 4 members (excludes halogenated alkanes) is 3. The molecule has 110 valence electrons. The molecule has 1 unspecified atom stereocenters. The monoisotopic (exact) mass is 270 g/mol. The Morgan fingerprint density at radius 2 is 2.26 bits per heavy atom. The number of hydrogen-bond acceptors (Lipinski definition) is 5. The Labute approximate surface area is 115 Å². The molecule has 0 radical (unpaired) electrons. The Hall–Kier alpha value is -0.980. The quantitative estimate of drug-likeness (QED) is 0.550. The second-order valence-electron chi connectivity index (χ2n) is 4.66. The Balaban J connectivity index is 1.86. The van der Waals surface area contributed by atoms with E-state index in [4.69, 9.17) is 4.74 Å². The van der Waals surface area contributed by atoms with Crippen molar-refractivity contribution >= 4 is 0 Å². The molecular formula is C13H26N4O2. The highest BCUT2D eigenvalue weighted by molar-refractivity contribution is 4.65. The summed E-state index contributed by atoms with van der Waals surface area (Å²) in [6.07, 6.45) is 7.82. The van der Waals surface area contributed by atoms with Crippen LogP contribution < -0.4 is 5.32 Å². The van der Waals surface area contributed by atoms with E-state index in [2.05, 4.69) is 22.6 Å². The van der Waals surface area contributed by atoms with Gasteiger partial charge in [-0.05, 0) is 6.42 Å². The number of aliphatic hydroxyl groups is 1. The zero-order valence-electron chi connectivity index (χ0n) is 11.8. The van der Waals surface area contributed by atoms with Crippen LogP contribution in [0.25, 0.3) is 0 Å². The van der Waals surface area contributed by atoms with Gasteiger partial charge in [0.05, 0.1) is 25.5 Å². The highest BCUT2D eigenvalue weighted by Gasteiger charge is 2.03. The number of nitrogens with one attached hydrogen (secondary N) is 1. The molecule has 2 N–H and O–H groups in total. The van der Waals surface area contributed by atoms with Crippen LogP contribution in [0.5, 0.6) is 0 Å². The maximum Gasteiger partial charge on any atom is 0.0897 e. The summed E-state index contributed by atoms with van der Waals surface area (Å²) in [7, 11) is 0. The van der Waals surface area contributed by atoms with E-state index in [0.29, 0.717) is 13.2 Å². The van der Waals surface area contributed by atoms with Crippen LogP contribution in [-0.4, -0.2) is 52.5 Å². The van der Waals surface area contributed by atoms with Gasteiger partial charge in [-0.2, -0.15) is 0 Å². The molecule has 0 aliphatic carbocycles. The van der Waals surface area contributed by atoms with Gasteiger partial charge in [0.2, 0.25) is 0 Å². The van der Waals surface area contributed by atoms with Crippen LogP contribution in [0.2, 0.25) is 0 Å². The van der Waals surface area contributed by atoms with Crippen molar-refractivity contribution in [1.82, 2.24) is 20.3 Å². The molecule has 1 aromatic rings. The number of aromatic nitrogens is 3. The van der Waals surface area contributed by atoms with E-state index in [1.165, 1.54) is 19.3 Å². The molecule has 1 atom stereocenters. The number of hydrogen-bond donors (Lipinski definition) is 2. The summed E-state index contributed by atoms with van der Waals surface area (Å²) in [6, 6.07) is 0. The van der Waals surface area contributed by atoms with E-state index >= 15 is 0 Å². The van der Waals surface area contributed by atoms with Crippen LogP contribution in [0.3, 0.4) is 0 Å². The van der Waals surface area contributed by atoms with E-state index < -0.39 is 6.10 Å². The van der Waals surface area contributed by atoms with Crippen molar-refractivity contribution in [2.45, 2.75) is 45.3 Å². The number of rotatable bonds is 12. The summed E-state index contributed by atoms with van der Waals surface area (Å²) in [4.78, 5) is 0. The van der Waals surface area contributed by atoms with Crippen molar-refractivity contribution in [1.29, 1.82) is 0 Å². The second kappa shape index (κ2) is 10.9. The lowest BCUT2D eigenvalue weighted by molar-refractivity contribution is 0.0354. The third kappa shape index (κ3) is 8.69. The Morgan fingerprint density at radius 3 is 3.00 bits per heavy atom. The molecule has 0 aliphatic rings. The van der Waals surface area contributed by atoms with Gasteiger partial charge in [0.1, 0.15) is 0 Å². The third-order valence-electron chi connectivity index (χ3n) is 2.82. The Morgan fingerprint density at radius 1 is 1.37 bits per heavy atom. The summed E-state index contributed by atoms with van der Waals surface area (Å²) < 4.78 is 7.18. The molecule has 19 heavy (non-hydrogen) atoms. The van der Waals surface area contributed by atoms with Crippen molar-refractivity contribution in [2.75, 3.05) is 26.3 Å². The van der Waals surface area contributed by atoms with Gasteiger partial charge in [0.25, 0.3) is 0 Å². The minimum atomic E-state index is -0.443. The lowest BCUT2D eigenvalue weighted by Crippen LogP contribution is -2.32. The molecule has 6 heteroatoms. The number of ether oxygens (including phenoxy) is 1. The number of nitrogens with zero attached hydrogens (tertiary/aromatic N) is 3. The fourth-order valence-electron chi connectivity index (χ4n) is 1.72. The molecule has 0 spiro atoms. The van der Waals surface area contributed by atoms with Crippen LogP contribution in [0, 0.1) is 0 Å². The topological polar surface area (TPSA) is 72.2 Å². The molecule has 0 aliphatic heterocycles. The lowest BCUT2D eigenvalue weighted by atomic mass is 10.2. The van der Waals surface area contributed by atoms with Gasteiger partial charge >= 0.3 is 0 Å². The molecule has 0 saturated carbocycles. The summed E-state index contributed by atoms with van der Waals surface area (Å²) in [6.45, 7) is 5.40. The van der Waals surface area contributed by atoms with E-state index in [0.717, 1.165) is 26.1 Å². The first-order valence-electron chi connectivity index (χ1n) is 7.13. The van der Waals surface area contributed by atoms with Crippen molar-refractivity contribution in [3.8, 4) is 0 Å². The first-order valence-corrected chi connectivity index (χ1v) is 7.13. The molecule has 0 amide bonds. The maximum absolute atomic E-state index is 9.69. The zero-order chi connectivity index (χ0) is 13.8. The minimum absolute atomic E-state index is 0.405. The van der Waals surface area contributed by atoms with Crippen LogP contribution >= 0.6 is 0 Å². The number of aliphatic hydroxyl groups excluding tert-OH is 1. The van der Waals surface area contributed by atoms with E-state index in [1.54, 1.807) is 10.9 Å². The highest BCUT2D eigenvalue weighted by Crippen LogP contribution is 1.99. The van der Waals surface area contributed by atoms with Crippen LogP contribution in [-0.2, 0) is 11.3 Å². The van der Waals surface area contributed by atoms with Crippen LogP contribution in [0.15, 0.2) is 12.4 Å². The maximum atomic E-state index is 9.69. The Kier molecular flexibility index (Phi) is 9.22. The van der Waals surface area contributed by atoms with Gasteiger partial charge in [0.15, 0.2) is 0 Å². The van der Waals surface area contributed by atoms with Crippen molar-refractivity contribution < 1.29 is 9.84 Å². The summed E-state index contributed by atoms with van der Waals surface area (Å²) >= 11 is 0. The largest absolute Gasteiger partial charge is 0.389 e. The molecular weight excluding hydrogens is 244 g/mol. The molecule has 1 heterocycles. The predicted octanol–water partition coefficient (Wildman–Crippen LogP) is 0.825. The molecule has 0 aromatic carbocycles. The fraction of sp³-hybridized carbons (Fsp3) is 0.846. The molecule has 1 rings (SSSR count). The van der Waals surface area contributed by atoms with Gasteiger partial charge in [-0.25, -0.2) is 0 Å². The Bertz CT molecular complexity index is 293. The first-order chi connectivity index (χ1) is 9.33. The smallest absolute Gasteiger partial charge is 0.0897 e. The first kappa shape index (κ1) is 16.1. The van der Waals surface area contributed by atoms with Gasteiger partial charge in [-0.1, -0.05) is 31.4 Å². The highest BCUT2D eigenvalue weighted by atomic mass is 16.5. The second-order valence-corrected chi connectivity index (χ2v) is 4.66. The minimum Gasteiger partial charge on any atom is -0.389 e. The fourth-order valence-corrected chi connectivity index (χ4v) is 1.72. The molecule has 0 fully saturated rings. The molecule has 6 nitrogen and oxygen atoms in total. The van der Waals surface area contributed by atoms with Crippen molar-refractivity contribution in [3.63, 3.8) is 0 Å². The lowest BCUT2D eigenvalue weighted by Gasteiger charge is -2.12. The van der Waals surface area contributed by atoms with Crippen LogP contribution in [0.1, 0.15) is 32.6 Å². The predicted molar refractivity (Wildman–Crippen MR) is 73.9 cm³/mol. The van der Waals surface area contributed by atoms with Crippen LogP contribution in [0.4, 0.5) is 0 Å². The molecule has 0 bridgehead atoms. The SMILES string of the molecule is CCCCCCOCC(O)CNCCn1ccnn1. The van der Waals surface area contributed by atoms with Gasteiger partial charge in [0, 0.05) is 25.9 Å². The summed E-state index contributed by atoms with van der Waals surface area (Å²) in [5.74, 6) is 0. The standard InChI is InChI=1S/C13H26N4O2/c1-2-3-4-5-10-19-12-13(18)11-14-6-8-17-9-7-15-16-17/h7,9,13-14,18H,2-6,8,10-12H2,1H3. The van der Waals surface area contributed by atoms with E-state index in [9.17, 15) is 5.11 Å². The van der Waals surface area contributed by atoms with Crippen molar-refractivity contribution in [3.05, 3.63) is 12.4 Å². The molecule has 0 saturated heterocycles. The summed E-state index contributed by atoms with van der Waals surface area (Å²) in [5.41, 5.74) is 0.